The summed E-state index contributed by atoms with van der Waals surface area (Å²) < 4.78 is 0. The van der Waals surface area contributed by atoms with Crippen LogP contribution in [0.15, 0.2) is 35.6 Å². The molecule has 0 aliphatic heterocycles. The Bertz CT molecular complexity index is 479. The van der Waals surface area contributed by atoms with Gasteiger partial charge in [-0.2, -0.15) is 0 Å². The van der Waals surface area contributed by atoms with Crippen molar-refractivity contribution in [1.29, 1.82) is 0 Å². The van der Waals surface area contributed by atoms with Crippen LogP contribution < -0.4 is 5.32 Å². The predicted octanol–water partition coefficient (Wildman–Crippen LogP) is 7.02. The number of allylic oxidation sites excluding steroid dienone is 5. The SMILES string of the molecule is C=C(NC1CC(CCC)C1)C(C)(C)CC(=C/C)/C=C(\C)C(C)(C)C. The molecule has 0 unspecified atom stereocenters. The lowest BCUT2D eigenvalue weighted by molar-refractivity contribution is 0.209. The van der Waals surface area contributed by atoms with E-state index in [1.807, 2.05) is 0 Å². The lowest BCUT2D eigenvalue weighted by Crippen LogP contribution is -2.43. The first-order valence-electron chi connectivity index (χ1n) is 9.79. The fourth-order valence-electron chi connectivity index (χ4n) is 3.29. The molecular weight excluding hydrogens is 290 g/mol. The fraction of sp³-hybridized carbons (Fsp3) is 0.739. The monoisotopic (exact) mass is 331 g/mol. The summed E-state index contributed by atoms with van der Waals surface area (Å²) in [5.74, 6) is 0.937. The second-order valence-corrected chi connectivity index (χ2v) is 9.45. The summed E-state index contributed by atoms with van der Waals surface area (Å²) in [6.07, 6.45) is 11.0. The molecule has 1 rings (SSSR count). The van der Waals surface area contributed by atoms with Crippen molar-refractivity contribution in [2.75, 3.05) is 0 Å². The highest BCUT2D eigenvalue weighted by Crippen LogP contribution is 2.37. The van der Waals surface area contributed by atoms with Gasteiger partial charge in [0.2, 0.25) is 0 Å². The van der Waals surface area contributed by atoms with E-state index in [0.717, 1.165) is 12.3 Å². The van der Waals surface area contributed by atoms with Crippen LogP contribution in [-0.4, -0.2) is 6.04 Å². The molecule has 0 aromatic rings. The zero-order chi connectivity index (χ0) is 18.5. The van der Waals surface area contributed by atoms with Crippen LogP contribution >= 0.6 is 0 Å². The Labute approximate surface area is 151 Å². The van der Waals surface area contributed by atoms with Gasteiger partial charge in [0.15, 0.2) is 0 Å². The van der Waals surface area contributed by atoms with Crippen molar-refractivity contribution in [2.24, 2.45) is 16.7 Å². The Morgan fingerprint density at radius 2 is 1.75 bits per heavy atom. The summed E-state index contributed by atoms with van der Waals surface area (Å²) in [5.41, 5.74) is 4.35. The van der Waals surface area contributed by atoms with Crippen LogP contribution in [0.4, 0.5) is 0 Å². The topological polar surface area (TPSA) is 12.0 Å². The van der Waals surface area contributed by atoms with Crippen LogP contribution in [0.1, 0.15) is 87.5 Å². The van der Waals surface area contributed by atoms with E-state index in [1.165, 1.54) is 42.5 Å². The third kappa shape index (κ3) is 6.15. The zero-order valence-electron chi connectivity index (χ0n) is 17.6. The molecule has 0 radical (unpaired) electrons. The quantitative estimate of drug-likeness (QED) is 0.471. The molecule has 138 valence electrons. The molecule has 0 spiro atoms. The van der Waals surface area contributed by atoms with E-state index in [0.29, 0.717) is 6.04 Å². The van der Waals surface area contributed by atoms with Crippen molar-refractivity contribution in [3.05, 3.63) is 35.6 Å². The van der Waals surface area contributed by atoms with E-state index < -0.39 is 0 Å². The smallest absolute Gasteiger partial charge is 0.0263 e. The molecule has 0 aromatic heterocycles. The molecule has 1 aliphatic rings. The third-order valence-corrected chi connectivity index (χ3v) is 5.73. The molecule has 1 saturated carbocycles. The maximum atomic E-state index is 4.38. The Hall–Kier alpha value is -0.980. The first kappa shape index (κ1) is 21.1. The van der Waals surface area contributed by atoms with E-state index in [-0.39, 0.29) is 10.8 Å². The molecule has 0 amide bonds. The van der Waals surface area contributed by atoms with Crippen molar-refractivity contribution >= 4 is 0 Å². The number of rotatable bonds is 8. The lowest BCUT2D eigenvalue weighted by atomic mass is 9.75. The zero-order valence-corrected chi connectivity index (χ0v) is 17.6. The second kappa shape index (κ2) is 8.41. The Morgan fingerprint density at radius 1 is 1.17 bits per heavy atom. The molecule has 1 nitrogen and oxygen atoms in total. The molecular formula is C23H41N. The fourth-order valence-corrected chi connectivity index (χ4v) is 3.29. The maximum Gasteiger partial charge on any atom is 0.0263 e. The molecule has 1 aliphatic carbocycles. The Balaban J connectivity index is 2.62. The van der Waals surface area contributed by atoms with E-state index in [2.05, 4.69) is 79.4 Å². The molecule has 24 heavy (non-hydrogen) atoms. The molecule has 0 aromatic carbocycles. The van der Waals surface area contributed by atoms with E-state index in [9.17, 15) is 0 Å². The summed E-state index contributed by atoms with van der Waals surface area (Å²) in [7, 11) is 0. The molecule has 1 heteroatoms. The van der Waals surface area contributed by atoms with E-state index >= 15 is 0 Å². The average molecular weight is 332 g/mol. The van der Waals surface area contributed by atoms with Crippen LogP contribution in [0, 0.1) is 16.7 Å². The summed E-state index contributed by atoms with van der Waals surface area (Å²) in [4.78, 5) is 0. The number of hydrogen-bond acceptors (Lipinski definition) is 1. The van der Waals surface area contributed by atoms with E-state index in [4.69, 9.17) is 0 Å². The van der Waals surface area contributed by atoms with Gasteiger partial charge in [-0.3, -0.25) is 0 Å². The maximum absolute atomic E-state index is 4.38. The van der Waals surface area contributed by atoms with Gasteiger partial charge < -0.3 is 5.32 Å². The normalized spacial score (nSPS) is 23.0. The van der Waals surface area contributed by atoms with E-state index in [1.54, 1.807) is 0 Å². The highest BCUT2D eigenvalue weighted by molar-refractivity contribution is 5.28. The van der Waals surface area contributed by atoms with Crippen LogP contribution in [-0.2, 0) is 0 Å². The minimum Gasteiger partial charge on any atom is -0.386 e. The highest BCUT2D eigenvalue weighted by atomic mass is 15.0. The second-order valence-electron chi connectivity index (χ2n) is 9.45. The highest BCUT2D eigenvalue weighted by Gasteiger charge is 2.31. The summed E-state index contributed by atoms with van der Waals surface area (Å²) in [5, 5.41) is 3.72. The Morgan fingerprint density at radius 3 is 2.21 bits per heavy atom. The van der Waals surface area contributed by atoms with Crippen molar-refractivity contribution in [1.82, 2.24) is 5.32 Å². The first-order valence-corrected chi connectivity index (χ1v) is 9.79. The molecule has 0 heterocycles. The van der Waals surface area contributed by atoms with Gasteiger partial charge in [0.1, 0.15) is 0 Å². The largest absolute Gasteiger partial charge is 0.386 e. The number of hydrogen-bond donors (Lipinski definition) is 1. The third-order valence-electron chi connectivity index (χ3n) is 5.73. The van der Waals surface area contributed by atoms with Crippen LogP contribution in [0.3, 0.4) is 0 Å². The molecule has 0 bridgehead atoms. The van der Waals surface area contributed by atoms with Crippen LogP contribution in [0.5, 0.6) is 0 Å². The Kier molecular flexibility index (Phi) is 7.38. The molecule has 0 atom stereocenters. The van der Waals surface area contributed by atoms with Crippen LogP contribution in [0.2, 0.25) is 0 Å². The van der Waals surface area contributed by atoms with Gasteiger partial charge in [-0.25, -0.2) is 0 Å². The van der Waals surface area contributed by atoms with Gasteiger partial charge in [0.05, 0.1) is 0 Å². The molecule has 1 fully saturated rings. The van der Waals surface area contributed by atoms with Gasteiger partial charge in [0.25, 0.3) is 0 Å². The summed E-state index contributed by atoms with van der Waals surface area (Å²) >= 11 is 0. The average Bonchev–Trinajstić information content (AvgIpc) is 2.42. The lowest BCUT2D eigenvalue weighted by Gasteiger charge is -2.40. The van der Waals surface area contributed by atoms with Gasteiger partial charge in [-0.1, -0.05) is 84.3 Å². The summed E-state index contributed by atoms with van der Waals surface area (Å²) in [6, 6.07) is 0.647. The standard InChI is InChI=1S/C23H41N/c1-10-12-20-14-21(15-20)24-18(4)23(8,9)16-19(11-2)13-17(3)22(5,6)7/h11,13,20-21,24H,4,10,12,14-16H2,1-3,5-9H3/b17-13+,19-11+. The van der Waals surface area contributed by atoms with Crippen LogP contribution in [0.25, 0.3) is 0 Å². The summed E-state index contributed by atoms with van der Waals surface area (Å²) in [6.45, 7) is 22.5. The van der Waals surface area contributed by atoms with Crippen molar-refractivity contribution in [3.8, 4) is 0 Å². The van der Waals surface area contributed by atoms with Gasteiger partial charge in [-0.05, 0) is 44.4 Å². The van der Waals surface area contributed by atoms with Crippen molar-refractivity contribution in [3.63, 3.8) is 0 Å². The van der Waals surface area contributed by atoms with Gasteiger partial charge in [0, 0.05) is 17.2 Å². The first-order chi connectivity index (χ1) is 11.0. The minimum atomic E-state index is 0.0757. The van der Waals surface area contributed by atoms with Gasteiger partial charge >= 0.3 is 0 Å². The predicted molar refractivity (Wildman–Crippen MR) is 109 cm³/mol. The molecule has 1 N–H and O–H groups in total. The molecule has 0 saturated heterocycles. The van der Waals surface area contributed by atoms with Crippen molar-refractivity contribution < 1.29 is 0 Å². The number of nitrogens with one attached hydrogen (secondary N) is 1. The van der Waals surface area contributed by atoms with Crippen molar-refractivity contribution in [2.45, 2.75) is 93.5 Å². The minimum absolute atomic E-state index is 0.0757. The van der Waals surface area contributed by atoms with Gasteiger partial charge in [-0.15, -0.1) is 0 Å².